The molecular weight excluding hydrogens is 274 g/mol. The van der Waals surface area contributed by atoms with Gasteiger partial charge in [-0.05, 0) is 75.5 Å². The molecule has 1 fully saturated rings. The lowest BCUT2D eigenvalue weighted by atomic mass is 10.0. The molecule has 1 unspecified atom stereocenters. The third-order valence-corrected chi connectivity index (χ3v) is 4.87. The van der Waals surface area contributed by atoms with Gasteiger partial charge in [0, 0.05) is 13.1 Å². The number of nitrogens with zero attached hydrogens (tertiary/aromatic N) is 1. The summed E-state index contributed by atoms with van der Waals surface area (Å²) in [7, 11) is 2.07. The molecule has 0 spiro atoms. The van der Waals surface area contributed by atoms with Crippen molar-refractivity contribution in [2.75, 3.05) is 33.3 Å². The van der Waals surface area contributed by atoms with Gasteiger partial charge >= 0.3 is 0 Å². The van der Waals surface area contributed by atoms with Gasteiger partial charge in [0.15, 0.2) is 0 Å². The molecule has 2 N–H and O–H groups in total. The van der Waals surface area contributed by atoms with Crippen molar-refractivity contribution in [1.82, 2.24) is 15.5 Å². The zero-order valence-corrected chi connectivity index (χ0v) is 13.7. The normalized spacial score (nSPS) is 22.3. The molecule has 0 aliphatic carbocycles. The second kappa shape index (κ2) is 7.95. The van der Waals surface area contributed by atoms with Crippen LogP contribution < -0.4 is 15.4 Å². The number of rotatable bonds is 6. The predicted octanol–water partition coefficient (Wildman–Crippen LogP) is 2.13. The van der Waals surface area contributed by atoms with E-state index in [4.69, 9.17) is 4.74 Å². The average Bonchev–Trinajstić information content (AvgIpc) is 2.59. The lowest BCUT2D eigenvalue weighted by Gasteiger charge is -2.35. The standard InChI is InChI=1S/C18H29N3O/c1-19-18-5-2-3-10-21(18)11-4-12-22-17-7-6-16-14-20-9-8-15(16)13-17/h6-7,13,18-20H,2-5,8-12,14H2,1H3. The number of hydrogen-bond acceptors (Lipinski definition) is 4. The molecule has 2 aliphatic rings. The van der Waals surface area contributed by atoms with Gasteiger partial charge in [-0.3, -0.25) is 4.90 Å². The quantitative estimate of drug-likeness (QED) is 0.790. The second-order valence-electron chi connectivity index (χ2n) is 6.40. The Morgan fingerprint density at radius 1 is 1.32 bits per heavy atom. The first-order valence-electron chi connectivity index (χ1n) is 8.73. The van der Waals surface area contributed by atoms with Crippen LogP contribution in [-0.4, -0.2) is 44.4 Å². The van der Waals surface area contributed by atoms with Gasteiger partial charge in [-0.1, -0.05) is 6.07 Å². The fourth-order valence-corrected chi connectivity index (χ4v) is 3.59. The highest BCUT2D eigenvalue weighted by Crippen LogP contribution is 2.21. The predicted molar refractivity (Wildman–Crippen MR) is 90.2 cm³/mol. The largest absolute Gasteiger partial charge is 0.494 e. The fraction of sp³-hybridized carbons (Fsp3) is 0.667. The number of nitrogens with one attached hydrogen (secondary N) is 2. The highest BCUT2D eigenvalue weighted by Gasteiger charge is 2.19. The smallest absolute Gasteiger partial charge is 0.119 e. The highest BCUT2D eigenvalue weighted by atomic mass is 16.5. The summed E-state index contributed by atoms with van der Waals surface area (Å²) in [4.78, 5) is 2.56. The highest BCUT2D eigenvalue weighted by molar-refractivity contribution is 5.37. The molecule has 1 saturated heterocycles. The zero-order chi connectivity index (χ0) is 15.2. The van der Waals surface area contributed by atoms with E-state index in [9.17, 15) is 0 Å². The maximum absolute atomic E-state index is 5.96. The SMILES string of the molecule is CNC1CCCCN1CCCOc1ccc2c(c1)CCNC2. The van der Waals surface area contributed by atoms with Crippen LogP contribution in [0.4, 0.5) is 0 Å². The van der Waals surface area contributed by atoms with Gasteiger partial charge in [0.1, 0.15) is 5.75 Å². The summed E-state index contributed by atoms with van der Waals surface area (Å²) in [6.45, 7) is 5.23. The molecular formula is C18H29N3O. The molecule has 3 rings (SSSR count). The Labute approximate surface area is 134 Å². The van der Waals surface area contributed by atoms with Crippen molar-refractivity contribution < 1.29 is 4.74 Å². The number of piperidine rings is 1. The molecule has 4 nitrogen and oxygen atoms in total. The molecule has 122 valence electrons. The Hall–Kier alpha value is -1.10. The van der Waals surface area contributed by atoms with Crippen LogP contribution >= 0.6 is 0 Å². The van der Waals surface area contributed by atoms with Crippen LogP contribution in [-0.2, 0) is 13.0 Å². The Bertz CT molecular complexity index is 477. The van der Waals surface area contributed by atoms with Crippen molar-refractivity contribution >= 4 is 0 Å². The third kappa shape index (κ3) is 4.00. The molecule has 0 bridgehead atoms. The molecule has 2 heterocycles. The maximum Gasteiger partial charge on any atom is 0.119 e. The van der Waals surface area contributed by atoms with Crippen molar-refractivity contribution in [2.45, 2.75) is 44.8 Å². The molecule has 0 saturated carbocycles. The monoisotopic (exact) mass is 303 g/mol. The van der Waals surface area contributed by atoms with Crippen LogP contribution in [0.3, 0.4) is 0 Å². The molecule has 22 heavy (non-hydrogen) atoms. The lowest BCUT2D eigenvalue weighted by Crippen LogP contribution is -2.47. The minimum Gasteiger partial charge on any atom is -0.494 e. The van der Waals surface area contributed by atoms with E-state index in [1.807, 2.05) is 0 Å². The Balaban J connectivity index is 1.43. The molecule has 1 aromatic rings. The Kier molecular flexibility index (Phi) is 5.70. The summed E-state index contributed by atoms with van der Waals surface area (Å²) >= 11 is 0. The van der Waals surface area contributed by atoms with E-state index in [1.54, 1.807) is 0 Å². The molecule has 0 radical (unpaired) electrons. The summed E-state index contributed by atoms with van der Waals surface area (Å²) in [6, 6.07) is 6.55. The minimum absolute atomic E-state index is 0.560. The van der Waals surface area contributed by atoms with Crippen molar-refractivity contribution in [3.8, 4) is 5.75 Å². The van der Waals surface area contributed by atoms with Gasteiger partial charge in [0.2, 0.25) is 0 Å². The molecule has 0 amide bonds. The lowest BCUT2D eigenvalue weighted by molar-refractivity contribution is 0.119. The van der Waals surface area contributed by atoms with Crippen LogP contribution in [0.5, 0.6) is 5.75 Å². The minimum atomic E-state index is 0.560. The topological polar surface area (TPSA) is 36.5 Å². The number of fused-ring (bicyclic) bond motifs is 1. The van der Waals surface area contributed by atoms with Gasteiger partial charge in [-0.25, -0.2) is 0 Å². The Morgan fingerprint density at radius 3 is 3.18 bits per heavy atom. The summed E-state index contributed by atoms with van der Waals surface area (Å²) in [5, 5.41) is 6.83. The van der Waals surface area contributed by atoms with Crippen molar-refractivity contribution in [3.63, 3.8) is 0 Å². The maximum atomic E-state index is 5.96. The van der Waals surface area contributed by atoms with Crippen LogP contribution in [0.1, 0.15) is 36.8 Å². The molecule has 0 aromatic heterocycles. The van der Waals surface area contributed by atoms with Crippen molar-refractivity contribution in [2.24, 2.45) is 0 Å². The van der Waals surface area contributed by atoms with E-state index in [-0.39, 0.29) is 0 Å². The van der Waals surface area contributed by atoms with Gasteiger partial charge in [0.25, 0.3) is 0 Å². The zero-order valence-electron chi connectivity index (χ0n) is 13.7. The van der Waals surface area contributed by atoms with Crippen LogP contribution in [0.25, 0.3) is 0 Å². The molecule has 1 aromatic carbocycles. The van der Waals surface area contributed by atoms with Gasteiger partial charge in [-0.15, -0.1) is 0 Å². The summed E-state index contributed by atoms with van der Waals surface area (Å²) in [6.07, 6.45) is 6.72. The van der Waals surface area contributed by atoms with Crippen LogP contribution in [0.15, 0.2) is 18.2 Å². The van der Waals surface area contributed by atoms with E-state index in [0.717, 1.165) is 44.8 Å². The number of benzene rings is 1. The number of hydrogen-bond donors (Lipinski definition) is 2. The van der Waals surface area contributed by atoms with E-state index in [1.165, 1.54) is 36.9 Å². The first-order valence-corrected chi connectivity index (χ1v) is 8.73. The van der Waals surface area contributed by atoms with Gasteiger partial charge in [-0.2, -0.15) is 0 Å². The molecule has 2 aliphatic heterocycles. The molecule has 1 atom stereocenters. The van der Waals surface area contributed by atoms with Crippen molar-refractivity contribution in [3.05, 3.63) is 29.3 Å². The van der Waals surface area contributed by atoms with E-state index in [2.05, 4.69) is 40.8 Å². The van der Waals surface area contributed by atoms with Gasteiger partial charge in [0.05, 0.1) is 12.8 Å². The summed E-state index contributed by atoms with van der Waals surface area (Å²) in [5.74, 6) is 1.03. The van der Waals surface area contributed by atoms with E-state index >= 15 is 0 Å². The van der Waals surface area contributed by atoms with E-state index < -0.39 is 0 Å². The average molecular weight is 303 g/mol. The molecule has 4 heteroatoms. The first-order chi connectivity index (χ1) is 10.9. The Morgan fingerprint density at radius 2 is 2.27 bits per heavy atom. The number of ether oxygens (including phenoxy) is 1. The van der Waals surface area contributed by atoms with Crippen LogP contribution in [0.2, 0.25) is 0 Å². The summed E-state index contributed by atoms with van der Waals surface area (Å²) in [5.41, 5.74) is 2.87. The van der Waals surface area contributed by atoms with Crippen molar-refractivity contribution in [1.29, 1.82) is 0 Å². The fourth-order valence-electron chi connectivity index (χ4n) is 3.59. The third-order valence-electron chi connectivity index (χ3n) is 4.87. The summed E-state index contributed by atoms with van der Waals surface area (Å²) < 4.78 is 5.96. The second-order valence-corrected chi connectivity index (χ2v) is 6.40. The number of likely N-dealkylation sites (tertiary alicyclic amines) is 1. The van der Waals surface area contributed by atoms with Crippen LogP contribution in [0, 0.1) is 0 Å². The first kappa shape index (κ1) is 15.8. The van der Waals surface area contributed by atoms with E-state index in [0.29, 0.717) is 6.17 Å². The van der Waals surface area contributed by atoms with Gasteiger partial charge < -0.3 is 15.4 Å².